The molecular formula is C22H22BrN3O7. The third-order valence-electron chi connectivity index (χ3n) is 4.83. The minimum Gasteiger partial charge on any atom is -0.497 e. The number of amides is 3. The summed E-state index contributed by atoms with van der Waals surface area (Å²) in [5.41, 5.74) is 3.24. The average Bonchev–Trinajstić information content (AvgIpc) is 3.18. The lowest BCUT2D eigenvalue weighted by atomic mass is 10.1. The van der Waals surface area contributed by atoms with Gasteiger partial charge in [0.15, 0.2) is 6.61 Å². The van der Waals surface area contributed by atoms with Gasteiger partial charge in [0.1, 0.15) is 11.5 Å². The highest BCUT2D eigenvalue weighted by Crippen LogP contribution is 2.29. The molecule has 10 nitrogen and oxygen atoms in total. The van der Waals surface area contributed by atoms with Gasteiger partial charge in [0, 0.05) is 22.5 Å². The summed E-state index contributed by atoms with van der Waals surface area (Å²) in [7, 11) is 2.95. The van der Waals surface area contributed by atoms with Crippen LogP contribution in [0, 0.1) is 5.92 Å². The lowest BCUT2D eigenvalue weighted by molar-refractivity contribution is -0.151. The highest BCUT2D eigenvalue weighted by Gasteiger charge is 2.36. The van der Waals surface area contributed by atoms with Crippen molar-refractivity contribution in [2.45, 2.75) is 6.42 Å². The lowest BCUT2D eigenvalue weighted by Gasteiger charge is -2.17. The molecule has 1 atom stereocenters. The minimum absolute atomic E-state index is 0.0478. The molecule has 174 valence electrons. The summed E-state index contributed by atoms with van der Waals surface area (Å²) in [6, 6.07) is 11.4. The van der Waals surface area contributed by atoms with E-state index < -0.39 is 36.2 Å². The summed E-state index contributed by atoms with van der Waals surface area (Å²) >= 11 is 3.28. The number of methoxy groups -OCH3 is 2. The van der Waals surface area contributed by atoms with Crippen LogP contribution in [-0.2, 0) is 19.1 Å². The number of hydrogen-bond acceptors (Lipinski definition) is 7. The molecule has 0 bridgehead atoms. The van der Waals surface area contributed by atoms with Crippen LogP contribution in [0.1, 0.15) is 16.8 Å². The van der Waals surface area contributed by atoms with E-state index in [1.807, 2.05) is 0 Å². The number of hydrazine groups is 1. The molecule has 2 N–H and O–H groups in total. The molecule has 1 saturated heterocycles. The third-order valence-corrected chi connectivity index (χ3v) is 5.36. The van der Waals surface area contributed by atoms with Crippen molar-refractivity contribution < 1.29 is 33.4 Å². The van der Waals surface area contributed by atoms with Gasteiger partial charge in [-0.2, -0.15) is 0 Å². The zero-order valence-electron chi connectivity index (χ0n) is 17.9. The maximum Gasteiger partial charge on any atom is 0.311 e. The SMILES string of the molecule is COc1ccc(NC(=O)COC(=O)[C@@H]2CC(=O)N(NC(=O)c3ccc(Br)cc3)C2)c(OC)c1. The number of ether oxygens (including phenoxy) is 3. The van der Waals surface area contributed by atoms with E-state index in [2.05, 4.69) is 26.7 Å². The highest BCUT2D eigenvalue weighted by atomic mass is 79.9. The second-order valence-corrected chi connectivity index (χ2v) is 7.99. The number of nitrogens with one attached hydrogen (secondary N) is 2. The second-order valence-electron chi connectivity index (χ2n) is 7.08. The molecule has 0 saturated carbocycles. The van der Waals surface area contributed by atoms with E-state index in [1.165, 1.54) is 14.2 Å². The van der Waals surface area contributed by atoms with Crippen LogP contribution >= 0.6 is 15.9 Å². The largest absolute Gasteiger partial charge is 0.497 e. The summed E-state index contributed by atoms with van der Waals surface area (Å²) in [4.78, 5) is 49.1. The molecule has 2 aromatic rings. The van der Waals surface area contributed by atoms with E-state index in [4.69, 9.17) is 14.2 Å². The van der Waals surface area contributed by atoms with Gasteiger partial charge in [-0.25, -0.2) is 0 Å². The Balaban J connectivity index is 1.49. The first-order chi connectivity index (χ1) is 15.8. The Morgan fingerprint density at radius 2 is 1.82 bits per heavy atom. The molecule has 1 aliphatic rings. The quantitative estimate of drug-likeness (QED) is 0.512. The van der Waals surface area contributed by atoms with Crippen LogP contribution in [0.2, 0.25) is 0 Å². The Morgan fingerprint density at radius 1 is 1.09 bits per heavy atom. The summed E-state index contributed by atoms with van der Waals surface area (Å²) in [5, 5.41) is 3.67. The van der Waals surface area contributed by atoms with Crippen LogP contribution < -0.4 is 20.2 Å². The van der Waals surface area contributed by atoms with E-state index in [0.717, 1.165) is 9.48 Å². The van der Waals surface area contributed by atoms with Crippen molar-refractivity contribution in [2.75, 3.05) is 32.7 Å². The Hall–Kier alpha value is -3.60. The molecule has 0 unspecified atom stereocenters. The van der Waals surface area contributed by atoms with E-state index in [-0.39, 0.29) is 13.0 Å². The van der Waals surface area contributed by atoms with E-state index >= 15 is 0 Å². The molecule has 0 spiro atoms. The first kappa shape index (κ1) is 24.1. The maximum absolute atomic E-state index is 12.4. The van der Waals surface area contributed by atoms with Crippen LogP contribution in [0.4, 0.5) is 5.69 Å². The summed E-state index contributed by atoms with van der Waals surface area (Å²) in [6.07, 6.45) is -0.132. The summed E-state index contributed by atoms with van der Waals surface area (Å²) in [5.74, 6) is -2.04. The predicted molar refractivity (Wildman–Crippen MR) is 121 cm³/mol. The van der Waals surface area contributed by atoms with Crippen molar-refractivity contribution in [3.8, 4) is 11.5 Å². The van der Waals surface area contributed by atoms with E-state index in [0.29, 0.717) is 22.7 Å². The van der Waals surface area contributed by atoms with E-state index in [1.54, 1.807) is 42.5 Å². The van der Waals surface area contributed by atoms with Crippen molar-refractivity contribution in [3.05, 3.63) is 52.5 Å². The van der Waals surface area contributed by atoms with Crippen molar-refractivity contribution in [3.63, 3.8) is 0 Å². The summed E-state index contributed by atoms with van der Waals surface area (Å²) < 4.78 is 16.2. The number of anilines is 1. The molecule has 1 aliphatic heterocycles. The first-order valence-electron chi connectivity index (χ1n) is 9.86. The molecule has 0 aliphatic carbocycles. The normalized spacial score (nSPS) is 15.1. The fourth-order valence-corrected chi connectivity index (χ4v) is 3.37. The molecule has 11 heteroatoms. The molecule has 33 heavy (non-hydrogen) atoms. The predicted octanol–water partition coefficient (Wildman–Crippen LogP) is 2.14. The van der Waals surface area contributed by atoms with Gasteiger partial charge in [0.25, 0.3) is 11.8 Å². The number of carbonyl (C=O) groups is 4. The van der Waals surface area contributed by atoms with Gasteiger partial charge in [0.2, 0.25) is 5.91 Å². The van der Waals surface area contributed by atoms with Crippen LogP contribution in [-0.4, -0.2) is 56.1 Å². The topological polar surface area (TPSA) is 123 Å². The molecule has 0 aromatic heterocycles. The highest BCUT2D eigenvalue weighted by molar-refractivity contribution is 9.10. The number of esters is 1. The summed E-state index contributed by atoms with van der Waals surface area (Å²) in [6.45, 7) is -0.586. The van der Waals surface area contributed by atoms with Gasteiger partial charge in [-0.3, -0.25) is 29.6 Å². The van der Waals surface area contributed by atoms with Gasteiger partial charge in [0.05, 0.1) is 32.4 Å². The van der Waals surface area contributed by atoms with Crippen LogP contribution in [0.25, 0.3) is 0 Å². The smallest absolute Gasteiger partial charge is 0.311 e. The van der Waals surface area contributed by atoms with Crippen molar-refractivity contribution in [1.29, 1.82) is 0 Å². The monoisotopic (exact) mass is 519 g/mol. The van der Waals surface area contributed by atoms with Gasteiger partial charge >= 0.3 is 5.97 Å². The van der Waals surface area contributed by atoms with Gasteiger partial charge in [-0.05, 0) is 36.4 Å². The average molecular weight is 520 g/mol. The Labute approximate surface area is 198 Å². The van der Waals surface area contributed by atoms with Crippen molar-refractivity contribution in [2.24, 2.45) is 5.92 Å². The second kappa shape index (κ2) is 10.8. The Morgan fingerprint density at radius 3 is 2.48 bits per heavy atom. The minimum atomic E-state index is -0.800. The number of hydrogen-bond donors (Lipinski definition) is 2. The molecule has 1 heterocycles. The fourth-order valence-electron chi connectivity index (χ4n) is 3.10. The van der Waals surface area contributed by atoms with Crippen LogP contribution in [0.3, 0.4) is 0 Å². The van der Waals surface area contributed by atoms with Crippen molar-refractivity contribution in [1.82, 2.24) is 10.4 Å². The Bertz CT molecular complexity index is 1060. The number of carbonyl (C=O) groups excluding carboxylic acids is 4. The lowest BCUT2D eigenvalue weighted by Crippen LogP contribution is -2.43. The standard InChI is InChI=1S/C22H22BrN3O7/c1-31-16-7-8-17(18(10-16)32-2)24-19(27)12-33-22(30)14-9-20(28)26(11-14)25-21(29)13-3-5-15(23)6-4-13/h3-8,10,14H,9,11-12H2,1-2H3,(H,24,27)(H,25,29)/t14-/m1/s1. The molecule has 3 rings (SSSR count). The first-order valence-corrected chi connectivity index (χ1v) is 10.7. The molecule has 3 amide bonds. The number of benzene rings is 2. The number of halogens is 1. The third kappa shape index (κ3) is 6.22. The number of nitrogens with zero attached hydrogens (tertiary/aromatic N) is 1. The molecule has 0 radical (unpaired) electrons. The zero-order chi connectivity index (χ0) is 24.0. The van der Waals surface area contributed by atoms with Crippen LogP contribution in [0.5, 0.6) is 11.5 Å². The number of rotatable bonds is 8. The molecule has 2 aromatic carbocycles. The van der Waals surface area contributed by atoms with Crippen LogP contribution in [0.15, 0.2) is 46.9 Å². The maximum atomic E-state index is 12.4. The van der Waals surface area contributed by atoms with E-state index in [9.17, 15) is 19.2 Å². The van der Waals surface area contributed by atoms with Gasteiger partial charge in [-0.15, -0.1) is 0 Å². The molecular weight excluding hydrogens is 498 g/mol. The van der Waals surface area contributed by atoms with Crippen molar-refractivity contribution >= 4 is 45.3 Å². The molecule has 1 fully saturated rings. The Kier molecular flexibility index (Phi) is 7.88. The fraction of sp³-hybridized carbons (Fsp3) is 0.273. The van der Waals surface area contributed by atoms with Gasteiger partial charge in [-0.1, -0.05) is 15.9 Å². The zero-order valence-corrected chi connectivity index (χ0v) is 19.5. The van der Waals surface area contributed by atoms with Gasteiger partial charge < -0.3 is 19.5 Å².